The van der Waals surface area contributed by atoms with Gasteiger partial charge in [0, 0.05) is 58.4 Å². The van der Waals surface area contributed by atoms with Crippen LogP contribution in [0.4, 0.5) is 0 Å². The average Bonchev–Trinajstić information content (AvgIpc) is 4.04. The van der Waals surface area contributed by atoms with E-state index in [-0.39, 0.29) is 0 Å². The summed E-state index contributed by atoms with van der Waals surface area (Å²) in [5.41, 5.74) is 12.4. The predicted molar refractivity (Wildman–Crippen MR) is 262 cm³/mol. The molecular weight excluding hydrogens is 789 g/mol. The molecule has 9 aromatic carbocycles. The Balaban J connectivity index is 0.966. The topological polar surface area (TPSA) is 56.7 Å². The molecule has 0 amide bonds. The van der Waals surface area contributed by atoms with Crippen LogP contribution in [0.3, 0.4) is 0 Å². The highest BCUT2D eigenvalue weighted by molar-refractivity contribution is 7.26. The minimum atomic E-state index is 0.590. The number of benzene rings is 9. The van der Waals surface area contributed by atoms with Crippen molar-refractivity contribution in [1.82, 2.24) is 19.5 Å². The number of hydrogen-bond acceptors (Lipinski definition) is 5. The van der Waals surface area contributed by atoms with Crippen molar-refractivity contribution in [3.05, 3.63) is 206 Å². The lowest BCUT2D eigenvalue weighted by atomic mass is 9.97. The fourth-order valence-electron chi connectivity index (χ4n) is 9.40. The third-order valence-electron chi connectivity index (χ3n) is 12.3. The molecule has 0 unspecified atom stereocenters. The Morgan fingerprint density at radius 1 is 0.365 bits per heavy atom. The van der Waals surface area contributed by atoms with Crippen LogP contribution in [0.5, 0.6) is 0 Å². The van der Waals surface area contributed by atoms with Gasteiger partial charge >= 0.3 is 0 Å². The Bertz CT molecular complexity index is 3850. The molecule has 0 saturated heterocycles. The van der Waals surface area contributed by atoms with Gasteiger partial charge in [0.25, 0.3) is 0 Å². The molecule has 6 heteroatoms. The Hall–Kier alpha value is -8.19. The Labute approximate surface area is 365 Å². The summed E-state index contributed by atoms with van der Waals surface area (Å²) in [7, 11) is 0. The van der Waals surface area contributed by atoms with Crippen molar-refractivity contribution in [3.63, 3.8) is 0 Å². The summed E-state index contributed by atoms with van der Waals surface area (Å²) in [6.45, 7) is 0. The maximum Gasteiger partial charge on any atom is 0.164 e. The first-order chi connectivity index (χ1) is 31.2. The number of hydrogen-bond donors (Lipinski definition) is 0. The highest BCUT2D eigenvalue weighted by atomic mass is 32.1. The molecule has 0 bridgehead atoms. The van der Waals surface area contributed by atoms with Crippen molar-refractivity contribution in [2.45, 2.75) is 0 Å². The van der Waals surface area contributed by atoms with Crippen molar-refractivity contribution in [2.24, 2.45) is 0 Å². The van der Waals surface area contributed by atoms with Crippen LogP contribution in [0.1, 0.15) is 0 Å². The fourth-order valence-corrected chi connectivity index (χ4v) is 10.6. The van der Waals surface area contributed by atoms with E-state index in [1.807, 2.05) is 30.3 Å². The van der Waals surface area contributed by atoms with E-state index in [0.717, 1.165) is 55.3 Å². The molecule has 4 heterocycles. The summed E-state index contributed by atoms with van der Waals surface area (Å²) in [4.78, 5) is 15.6. The van der Waals surface area contributed by atoms with Crippen molar-refractivity contribution in [2.75, 3.05) is 0 Å². The Morgan fingerprint density at radius 3 is 1.70 bits per heavy atom. The van der Waals surface area contributed by atoms with Gasteiger partial charge in [-0.05, 0) is 58.7 Å². The van der Waals surface area contributed by atoms with Crippen molar-refractivity contribution in [3.8, 4) is 62.1 Å². The summed E-state index contributed by atoms with van der Waals surface area (Å²) in [6.07, 6.45) is 0. The molecule has 0 atom stereocenters. The van der Waals surface area contributed by atoms with Crippen LogP contribution in [0.2, 0.25) is 0 Å². The van der Waals surface area contributed by atoms with Gasteiger partial charge in [-0.15, -0.1) is 11.3 Å². The molecule has 63 heavy (non-hydrogen) atoms. The molecule has 0 fully saturated rings. The molecule has 0 N–H and O–H groups in total. The van der Waals surface area contributed by atoms with Crippen LogP contribution in [0.25, 0.3) is 126 Å². The van der Waals surface area contributed by atoms with E-state index in [1.165, 1.54) is 53.2 Å². The summed E-state index contributed by atoms with van der Waals surface area (Å²) in [5.74, 6) is 1.82. The number of furan rings is 1. The Morgan fingerprint density at radius 2 is 0.937 bits per heavy atom. The SMILES string of the molecule is c1ccc(-c2ccc(-c3cccc4sc5cc(-c6nc(-c7ccccc7)nc(-c7cccc8oc9c(-n%10c%11ccccc%11c%11ccccc%11%10)cccc9c78)n6)ccc5c34)cc2)cc1. The fraction of sp³-hybridized carbons (Fsp3) is 0. The molecule has 0 saturated carbocycles. The first-order valence-electron chi connectivity index (χ1n) is 21.1. The van der Waals surface area contributed by atoms with Gasteiger partial charge in [-0.3, -0.25) is 0 Å². The van der Waals surface area contributed by atoms with E-state index in [9.17, 15) is 0 Å². The zero-order valence-corrected chi connectivity index (χ0v) is 34.6. The summed E-state index contributed by atoms with van der Waals surface area (Å²) < 4.78 is 11.6. The molecule has 13 rings (SSSR count). The van der Waals surface area contributed by atoms with Gasteiger partial charge in [-0.1, -0.05) is 170 Å². The monoisotopic (exact) mass is 822 g/mol. The Kier molecular flexibility index (Phi) is 8.01. The minimum Gasteiger partial charge on any atom is -0.454 e. The van der Waals surface area contributed by atoms with Crippen LogP contribution >= 0.6 is 11.3 Å². The van der Waals surface area contributed by atoms with Gasteiger partial charge in [-0.2, -0.15) is 0 Å². The average molecular weight is 823 g/mol. The lowest BCUT2D eigenvalue weighted by molar-refractivity contribution is 0.666. The molecule has 0 aliphatic carbocycles. The van der Waals surface area contributed by atoms with Gasteiger partial charge in [0.05, 0.1) is 16.7 Å². The van der Waals surface area contributed by atoms with Crippen molar-refractivity contribution in [1.29, 1.82) is 0 Å². The third-order valence-corrected chi connectivity index (χ3v) is 13.4. The smallest absolute Gasteiger partial charge is 0.164 e. The first-order valence-corrected chi connectivity index (χ1v) is 21.9. The zero-order valence-electron chi connectivity index (χ0n) is 33.7. The van der Waals surface area contributed by atoms with Crippen LogP contribution in [0, 0.1) is 0 Å². The highest BCUT2D eigenvalue weighted by Gasteiger charge is 2.22. The normalized spacial score (nSPS) is 11.8. The van der Waals surface area contributed by atoms with E-state index in [1.54, 1.807) is 11.3 Å². The zero-order chi connectivity index (χ0) is 41.4. The number of aromatic nitrogens is 4. The summed E-state index contributed by atoms with van der Waals surface area (Å²) >= 11 is 1.80. The molecule has 0 aliphatic heterocycles. The van der Waals surface area contributed by atoms with Gasteiger partial charge < -0.3 is 8.98 Å². The number of thiophene rings is 1. The van der Waals surface area contributed by atoms with Gasteiger partial charge in [0.15, 0.2) is 23.1 Å². The number of para-hydroxylation sites is 3. The summed E-state index contributed by atoms with van der Waals surface area (Å²) in [5, 5.41) is 6.85. The van der Waals surface area contributed by atoms with Crippen LogP contribution in [-0.4, -0.2) is 19.5 Å². The summed E-state index contributed by atoms with van der Waals surface area (Å²) in [6, 6.07) is 72.6. The van der Waals surface area contributed by atoms with Crippen molar-refractivity contribution < 1.29 is 4.42 Å². The standard InChI is InChI=1S/C57H34N4OS/c1-3-14-35(15-4-1)36-28-30-37(31-29-36)40-20-13-27-50-53(40)43-33-32-39(34-51(43)63-50)56-58-55(38-16-5-2-6-17-38)59-57(60-56)45-22-12-26-49-52(45)44-21-11-25-48(54(44)62-49)61-46-23-9-7-18-41(46)42-19-8-10-24-47(42)61/h1-34H. The highest BCUT2D eigenvalue weighted by Crippen LogP contribution is 2.44. The molecule has 4 aromatic heterocycles. The maximum atomic E-state index is 6.85. The minimum absolute atomic E-state index is 0.590. The maximum absolute atomic E-state index is 6.85. The number of nitrogens with zero attached hydrogens (tertiary/aromatic N) is 4. The van der Waals surface area contributed by atoms with E-state index >= 15 is 0 Å². The molecule has 0 spiro atoms. The number of rotatable bonds is 6. The quantitative estimate of drug-likeness (QED) is 0.168. The number of fused-ring (bicyclic) bond motifs is 9. The lowest BCUT2D eigenvalue weighted by Gasteiger charge is -2.10. The van der Waals surface area contributed by atoms with E-state index in [2.05, 4.69) is 180 Å². The molecular formula is C57H34N4OS. The second-order valence-corrected chi connectivity index (χ2v) is 17.0. The molecule has 13 aromatic rings. The van der Waals surface area contributed by atoms with Crippen LogP contribution < -0.4 is 0 Å². The van der Waals surface area contributed by atoms with Crippen LogP contribution in [-0.2, 0) is 0 Å². The van der Waals surface area contributed by atoms with Gasteiger partial charge in [0.1, 0.15) is 5.58 Å². The van der Waals surface area contributed by atoms with Gasteiger partial charge in [-0.25, -0.2) is 15.0 Å². The van der Waals surface area contributed by atoms with Crippen molar-refractivity contribution >= 4 is 75.3 Å². The molecule has 0 aliphatic rings. The second kappa shape index (κ2) is 14.2. The third kappa shape index (κ3) is 5.73. The van der Waals surface area contributed by atoms with E-state index in [0.29, 0.717) is 17.5 Å². The van der Waals surface area contributed by atoms with Gasteiger partial charge in [0.2, 0.25) is 0 Å². The largest absolute Gasteiger partial charge is 0.454 e. The van der Waals surface area contributed by atoms with E-state index in [4.69, 9.17) is 19.4 Å². The van der Waals surface area contributed by atoms with Crippen LogP contribution in [0.15, 0.2) is 211 Å². The lowest BCUT2D eigenvalue weighted by Crippen LogP contribution is -2.00. The predicted octanol–water partition coefficient (Wildman–Crippen LogP) is 15.6. The molecule has 294 valence electrons. The molecule has 0 radical (unpaired) electrons. The first kappa shape index (κ1) is 35.6. The van der Waals surface area contributed by atoms with E-state index < -0.39 is 0 Å². The second-order valence-electron chi connectivity index (χ2n) is 15.9. The molecule has 5 nitrogen and oxygen atoms in total.